The fraction of sp³-hybridized carbons (Fsp3) is 0.210. The van der Waals surface area contributed by atoms with E-state index in [4.69, 9.17) is 61.3 Å². The molecule has 22 heteroatoms. The molecule has 0 aliphatic carbocycles. The minimum Gasteiger partial charge on any atom is -0.478 e. The second-order valence-electron chi connectivity index (χ2n) is 18.2. The molecule has 0 aliphatic rings. The summed E-state index contributed by atoms with van der Waals surface area (Å²) in [5.41, 5.74) is 15.2. The molecule has 0 bridgehead atoms. The zero-order valence-corrected chi connectivity index (χ0v) is 49.0. The Hall–Kier alpha value is -8.59. The number of amides is 2. The van der Waals surface area contributed by atoms with Gasteiger partial charge < -0.3 is 67.0 Å². The van der Waals surface area contributed by atoms with Crippen LogP contribution in [0.5, 0.6) is 34.5 Å². The molecule has 1 heterocycles. The van der Waals surface area contributed by atoms with Gasteiger partial charge in [0.25, 0.3) is 11.8 Å². The number of alkyl halides is 3. The lowest BCUT2D eigenvalue weighted by Gasteiger charge is -2.28. The number of anilines is 4. The van der Waals surface area contributed by atoms with Gasteiger partial charge in [-0.3, -0.25) is 9.59 Å². The van der Waals surface area contributed by atoms with Crippen LogP contribution in [0.4, 0.5) is 35.9 Å². The quantitative estimate of drug-likeness (QED) is 0.0278. The lowest BCUT2D eigenvalue weighted by atomic mass is 9.94. The third-order valence-corrected chi connectivity index (χ3v) is 17.1. The van der Waals surface area contributed by atoms with E-state index in [1.165, 1.54) is 12.1 Å². The van der Waals surface area contributed by atoms with E-state index >= 15 is 0 Å². The number of hydrogen-bond donors (Lipinski definition) is 4. The number of carbonyl (C=O) groups is 2. The molecule has 2 amide bonds. The summed E-state index contributed by atoms with van der Waals surface area (Å²) >= 11 is 0. The topological polar surface area (TPSA) is 215 Å². The molecule has 1 aromatic heterocycles. The first kappa shape index (κ1) is 61.5. The van der Waals surface area contributed by atoms with E-state index in [-0.39, 0.29) is 79.3 Å². The Bertz CT molecular complexity index is 3480. The van der Waals surface area contributed by atoms with Crippen LogP contribution in [0.2, 0.25) is 0 Å². The van der Waals surface area contributed by atoms with E-state index in [2.05, 4.69) is 10.6 Å². The summed E-state index contributed by atoms with van der Waals surface area (Å²) in [4.78, 5) is 31.9. The molecule has 0 unspecified atom stereocenters. The molecule has 0 atom stereocenters. The van der Waals surface area contributed by atoms with Gasteiger partial charge in [0.1, 0.15) is 34.5 Å². The number of hydrogen-bond acceptors (Lipinski definition) is 15. The lowest BCUT2D eigenvalue weighted by molar-refractivity contribution is -0.137. The van der Waals surface area contributed by atoms with Gasteiger partial charge in [0, 0.05) is 91.0 Å². The monoisotopic (exact) mass is 1180 g/mol. The van der Waals surface area contributed by atoms with Crippen molar-refractivity contribution in [3.05, 3.63) is 187 Å². The molecule has 0 saturated heterocycles. The summed E-state index contributed by atoms with van der Waals surface area (Å²) in [6.45, 7) is 12.0. The third kappa shape index (κ3) is 15.5. The van der Waals surface area contributed by atoms with Crippen LogP contribution in [0.1, 0.15) is 67.8 Å². The van der Waals surface area contributed by atoms with Gasteiger partial charge in [-0.15, -0.1) is 0 Å². The molecular weight excluding hydrogens is 1120 g/mol. The van der Waals surface area contributed by atoms with Crippen molar-refractivity contribution in [3.8, 4) is 68.1 Å². The number of carbonyl (C=O) groups excluding carboxylic acids is 2. The van der Waals surface area contributed by atoms with E-state index in [9.17, 15) is 22.8 Å². The Kier molecular flexibility index (Phi) is 20.6. The average Bonchev–Trinajstić information content (AvgIpc) is 1.76. The first-order valence-corrected chi connectivity index (χ1v) is 30.3. The van der Waals surface area contributed by atoms with Gasteiger partial charge in [-0.25, -0.2) is 4.98 Å². The van der Waals surface area contributed by atoms with Crippen molar-refractivity contribution >= 4 is 52.7 Å². The highest BCUT2D eigenvalue weighted by Gasteiger charge is 2.49. The van der Waals surface area contributed by atoms with Crippen LogP contribution in [0, 0.1) is 0 Å². The summed E-state index contributed by atoms with van der Waals surface area (Å²) in [7, 11) is -7.63. The smallest absolute Gasteiger partial charge is 0.478 e. The number of rotatable bonds is 27. The third-order valence-electron chi connectivity index (χ3n) is 12.3. The van der Waals surface area contributed by atoms with Gasteiger partial charge in [0.15, 0.2) is 0 Å². The number of ether oxygens (including phenoxy) is 2. The van der Waals surface area contributed by atoms with Gasteiger partial charge in [-0.2, -0.15) is 13.2 Å². The average molecular weight is 1180 g/mol. The van der Waals surface area contributed by atoms with Crippen molar-refractivity contribution < 1.29 is 67.6 Å². The number of halogens is 3. The lowest BCUT2D eigenvalue weighted by Crippen LogP contribution is -2.52. The van der Waals surface area contributed by atoms with Gasteiger partial charge in [0.2, 0.25) is 0 Å². The summed E-state index contributed by atoms with van der Waals surface area (Å²) in [6, 6.07) is 44.9. The van der Waals surface area contributed by atoms with Crippen LogP contribution < -0.4 is 40.4 Å². The maximum Gasteiger partial charge on any atom is 0.749 e. The standard InChI is InChI=1S/C62H64F3N5O12Si2/c1-7-73-83(74-8-2,75-9-3)81-57-39-49(33-36-55(57)69-60(71)43-17-25-45(66)26-18-43)79-47-29-21-41(22-30-47)54-38-35-52(51-15-13-14-16-53(51)62(63,64)65)59(68-54)42-23-31-48(32-24-42)80-50-34-37-56(70-61(72)44-19-27-46(67)28-20-44)58(40-50)82-84(76-10-4,77-11-5)78-12-6/h13-40H,7-12,66-67H2,1-6H3,(H,69,71)(H,70,72). The molecule has 438 valence electrons. The number of nitrogens with two attached hydrogens (primary N) is 2. The Morgan fingerprint density at radius 2 is 0.857 bits per heavy atom. The molecule has 6 N–H and O–H groups in total. The number of nitrogens with zero attached hydrogens (tertiary/aromatic N) is 1. The van der Waals surface area contributed by atoms with Crippen molar-refractivity contribution in [1.29, 1.82) is 0 Å². The van der Waals surface area contributed by atoms with Crippen molar-refractivity contribution in [2.75, 3.05) is 61.7 Å². The van der Waals surface area contributed by atoms with Crippen LogP contribution >= 0.6 is 0 Å². The number of benzene rings is 7. The fourth-order valence-electron chi connectivity index (χ4n) is 8.59. The van der Waals surface area contributed by atoms with E-state index < -0.39 is 41.7 Å². The van der Waals surface area contributed by atoms with Crippen molar-refractivity contribution in [1.82, 2.24) is 4.98 Å². The molecular formula is C62H64F3N5O12Si2. The summed E-state index contributed by atoms with van der Waals surface area (Å²) in [5.74, 6) is 0.828. The maximum atomic E-state index is 14.7. The Morgan fingerprint density at radius 1 is 0.464 bits per heavy atom. The fourth-order valence-corrected chi connectivity index (χ4v) is 12.4. The van der Waals surface area contributed by atoms with Crippen molar-refractivity contribution in [2.24, 2.45) is 0 Å². The van der Waals surface area contributed by atoms with E-state index in [1.54, 1.807) is 193 Å². The molecule has 0 saturated carbocycles. The minimum absolute atomic E-state index is 0.0622. The molecule has 0 spiro atoms. The predicted octanol–water partition coefficient (Wildman–Crippen LogP) is 14.2. The van der Waals surface area contributed by atoms with Gasteiger partial charge in [-0.05, 0) is 181 Å². The molecule has 7 aromatic carbocycles. The van der Waals surface area contributed by atoms with Crippen LogP contribution in [0.25, 0.3) is 33.6 Å². The first-order chi connectivity index (χ1) is 40.5. The Balaban J connectivity index is 1.10. The summed E-state index contributed by atoms with van der Waals surface area (Å²) < 4.78 is 105. The Morgan fingerprint density at radius 3 is 1.26 bits per heavy atom. The number of nitrogens with one attached hydrogen (secondary N) is 2. The predicted molar refractivity (Wildman–Crippen MR) is 319 cm³/mol. The molecule has 84 heavy (non-hydrogen) atoms. The number of pyridine rings is 1. The zero-order chi connectivity index (χ0) is 59.9. The molecule has 0 aliphatic heterocycles. The van der Waals surface area contributed by atoms with E-state index in [0.29, 0.717) is 62.3 Å². The zero-order valence-electron chi connectivity index (χ0n) is 47.0. The largest absolute Gasteiger partial charge is 0.749 e. The second kappa shape index (κ2) is 28.1. The van der Waals surface area contributed by atoms with Crippen molar-refractivity contribution in [3.63, 3.8) is 0 Å². The highest BCUT2D eigenvalue weighted by molar-refractivity contribution is 6.55. The first-order valence-electron chi connectivity index (χ1n) is 27.1. The van der Waals surface area contributed by atoms with Crippen LogP contribution in [0.15, 0.2) is 170 Å². The van der Waals surface area contributed by atoms with Gasteiger partial charge in [0.05, 0.1) is 28.3 Å². The normalized spacial score (nSPS) is 11.7. The highest BCUT2D eigenvalue weighted by atomic mass is 28.4. The number of nitrogen functional groups attached to an aromatic ring is 2. The Labute approximate surface area is 487 Å². The minimum atomic E-state index is -4.67. The van der Waals surface area contributed by atoms with Crippen LogP contribution in [0.3, 0.4) is 0 Å². The molecule has 0 fully saturated rings. The van der Waals surface area contributed by atoms with E-state index in [1.807, 2.05) is 0 Å². The van der Waals surface area contributed by atoms with Crippen LogP contribution in [-0.2, 0) is 32.7 Å². The summed E-state index contributed by atoms with van der Waals surface area (Å²) in [5, 5.41) is 5.78. The second-order valence-corrected chi connectivity index (χ2v) is 22.3. The summed E-state index contributed by atoms with van der Waals surface area (Å²) in [6.07, 6.45) is -4.67. The van der Waals surface area contributed by atoms with Gasteiger partial charge >= 0.3 is 24.3 Å². The van der Waals surface area contributed by atoms with Crippen LogP contribution in [-0.4, -0.2) is 74.5 Å². The number of aromatic nitrogens is 1. The SMILES string of the molecule is CCO[Si](OCC)(OCC)Oc1cc(Oc2ccc(-c3ccc(-c4ccccc4C(F)(F)F)c(-c4ccc(Oc5ccc(NC(=O)c6ccc(N)cc6)c(O[Si](OCC)(OCC)OCC)c5)cc4)n3)cc2)ccc1NC(=O)c1ccc(N)cc1. The molecule has 0 radical (unpaired) electrons. The molecule has 8 rings (SSSR count). The van der Waals surface area contributed by atoms with E-state index in [0.717, 1.165) is 6.07 Å². The molecule has 17 nitrogen and oxygen atoms in total. The molecule has 8 aromatic rings. The maximum absolute atomic E-state index is 14.7. The highest BCUT2D eigenvalue weighted by Crippen LogP contribution is 2.43. The van der Waals surface area contributed by atoms with Crippen molar-refractivity contribution in [2.45, 2.75) is 47.7 Å². The van der Waals surface area contributed by atoms with Gasteiger partial charge in [-0.1, -0.05) is 24.3 Å².